The van der Waals surface area contributed by atoms with Crippen molar-refractivity contribution in [2.45, 2.75) is 23.9 Å². The Balaban J connectivity index is 1.62. The average Bonchev–Trinajstić information content (AvgIpc) is 3.09. The van der Waals surface area contributed by atoms with Crippen LogP contribution >= 0.6 is 23.1 Å². The lowest BCUT2D eigenvalue weighted by Gasteiger charge is -2.05. The van der Waals surface area contributed by atoms with Crippen LogP contribution in [-0.2, 0) is 5.75 Å². The number of thioether (sulfide) groups is 1. The lowest BCUT2D eigenvalue weighted by atomic mass is 10.1. The molecule has 0 aliphatic carbocycles. The Bertz CT molecular complexity index is 925. The minimum Gasteiger partial charge on any atom is -0.497 e. The Hall–Kier alpha value is -2.38. The van der Waals surface area contributed by atoms with Crippen LogP contribution in [0.5, 0.6) is 5.75 Å². The third kappa shape index (κ3) is 4.62. The molecule has 7 heteroatoms. The van der Waals surface area contributed by atoms with E-state index >= 15 is 0 Å². The molecule has 1 heterocycles. The Kier molecular flexibility index (Phi) is 5.90. The first-order valence-corrected chi connectivity index (χ1v) is 9.83. The normalized spacial score (nSPS) is 10.6. The van der Waals surface area contributed by atoms with E-state index in [9.17, 15) is 4.79 Å². The zero-order chi connectivity index (χ0) is 18.5. The molecule has 2 aromatic carbocycles. The number of anilines is 1. The number of carbonyl (C=O) groups excluding carboxylic acids is 1. The topological polar surface area (TPSA) is 64.1 Å². The molecule has 1 amide bonds. The minimum atomic E-state index is -0.230. The maximum absolute atomic E-state index is 12.3. The van der Waals surface area contributed by atoms with Gasteiger partial charge in [0.15, 0.2) is 4.34 Å². The fourth-order valence-electron chi connectivity index (χ4n) is 2.35. The van der Waals surface area contributed by atoms with Crippen molar-refractivity contribution in [3.05, 3.63) is 64.7 Å². The van der Waals surface area contributed by atoms with E-state index in [1.807, 2.05) is 0 Å². The van der Waals surface area contributed by atoms with Crippen molar-refractivity contribution >= 4 is 34.1 Å². The van der Waals surface area contributed by atoms with Crippen molar-refractivity contribution in [1.29, 1.82) is 0 Å². The smallest absolute Gasteiger partial charge is 0.257 e. The molecule has 134 valence electrons. The first-order chi connectivity index (χ1) is 12.5. The first kappa shape index (κ1) is 18.4. The molecule has 0 saturated carbocycles. The highest BCUT2D eigenvalue weighted by Gasteiger charge is 2.12. The summed E-state index contributed by atoms with van der Waals surface area (Å²) < 4.78 is 5.97. The van der Waals surface area contributed by atoms with Crippen LogP contribution < -0.4 is 10.1 Å². The number of hydrogen-bond donors (Lipinski definition) is 1. The van der Waals surface area contributed by atoms with E-state index in [1.165, 1.54) is 28.0 Å². The molecule has 0 spiro atoms. The molecule has 0 atom stereocenters. The van der Waals surface area contributed by atoms with Crippen LogP contribution in [0.1, 0.15) is 27.0 Å². The number of aryl methyl sites for hydroxylation is 2. The molecule has 1 aromatic heterocycles. The van der Waals surface area contributed by atoms with Gasteiger partial charge in [0.05, 0.1) is 7.11 Å². The predicted octanol–water partition coefficient (Wildman–Crippen LogP) is 4.71. The number of nitrogens with zero attached hydrogens (tertiary/aromatic N) is 2. The van der Waals surface area contributed by atoms with Crippen molar-refractivity contribution in [1.82, 2.24) is 10.2 Å². The van der Waals surface area contributed by atoms with E-state index in [0.29, 0.717) is 16.4 Å². The Morgan fingerprint density at radius 1 is 1.19 bits per heavy atom. The second kappa shape index (κ2) is 8.33. The zero-order valence-electron chi connectivity index (χ0n) is 14.8. The molecule has 3 aromatic rings. The van der Waals surface area contributed by atoms with Crippen LogP contribution in [0.25, 0.3) is 0 Å². The molecule has 0 radical (unpaired) electrons. The van der Waals surface area contributed by atoms with E-state index < -0.39 is 0 Å². The van der Waals surface area contributed by atoms with Crippen LogP contribution in [0.2, 0.25) is 0 Å². The van der Waals surface area contributed by atoms with Crippen LogP contribution in [0.3, 0.4) is 0 Å². The number of nitrogens with one attached hydrogen (secondary N) is 1. The third-order valence-electron chi connectivity index (χ3n) is 3.81. The highest BCUT2D eigenvalue weighted by atomic mass is 32.2. The van der Waals surface area contributed by atoms with Gasteiger partial charge in [-0.3, -0.25) is 10.1 Å². The standard InChI is InChI=1S/C19H19N3O2S2/c1-12-7-8-13(2)15(9-12)11-25-19-22-21-18(26-19)20-17(23)14-5-4-6-16(10-14)24-3/h4-10H,11H2,1-3H3,(H,20,21,23). The van der Waals surface area contributed by atoms with Gasteiger partial charge in [0, 0.05) is 11.3 Å². The summed E-state index contributed by atoms with van der Waals surface area (Å²) in [5, 5.41) is 11.5. The molecule has 0 unspecified atom stereocenters. The molecule has 0 aliphatic rings. The summed E-state index contributed by atoms with van der Waals surface area (Å²) >= 11 is 2.99. The number of aromatic nitrogens is 2. The molecule has 3 rings (SSSR count). The minimum absolute atomic E-state index is 0.230. The number of benzene rings is 2. The van der Waals surface area contributed by atoms with Gasteiger partial charge in [-0.1, -0.05) is 52.9 Å². The van der Waals surface area contributed by atoms with Crippen molar-refractivity contribution < 1.29 is 9.53 Å². The summed E-state index contributed by atoms with van der Waals surface area (Å²) in [6.07, 6.45) is 0. The highest BCUT2D eigenvalue weighted by Crippen LogP contribution is 2.29. The maximum atomic E-state index is 12.3. The van der Waals surface area contributed by atoms with Gasteiger partial charge in [-0.25, -0.2) is 0 Å². The second-order valence-corrected chi connectivity index (χ2v) is 7.98. The summed E-state index contributed by atoms with van der Waals surface area (Å²) in [6.45, 7) is 4.19. The number of hydrogen-bond acceptors (Lipinski definition) is 6. The van der Waals surface area contributed by atoms with E-state index in [1.54, 1.807) is 43.1 Å². The summed E-state index contributed by atoms with van der Waals surface area (Å²) in [5.41, 5.74) is 4.31. The van der Waals surface area contributed by atoms with Crippen LogP contribution in [0, 0.1) is 13.8 Å². The molecular weight excluding hydrogens is 366 g/mol. The van der Waals surface area contributed by atoms with Crippen molar-refractivity contribution in [3.63, 3.8) is 0 Å². The van der Waals surface area contributed by atoms with Gasteiger partial charge >= 0.3 is 0 Å². The Morgan fingerprint density at radius 3 is 2.85 bits per heavy atom. The van der Waals surface area contributed by atoms with E-state index in [-0.39, 0.29) is 5.91 Å². The van der Waals surface area contributed by atoms with Gasteiger partial charge in [-0.15, -0.1) is 10.2 Å². The number of carbonyl (C=O) groups is 1. The SMILES string of the molecule is COc1cccc(C(=O)Nc2nnc(SCc3cc(C)ccc3C)s2)c1. The summed E-state index contributed by atoms with van der Waals surface area (Å²) in [6, 6.07) is 13.4. The number of methoxy groups -OCH3 is 1. The first-order valence-electron chi connectivity index (χ1n) is 8.03. The fourth-order valence-corrected chi connectivity index (χ4v) is 4.16. The summed E-state index contributed by atoms with van der Waals surface area (Å²) in [5.74, 6) is 1.23. The predicted molar refractivity (Wildman–Crippen MR) is 106 cm³/mol. The van der Waals surface area contributed by atoms with Gasteiger partial charge < -0.3 is 4.74 Å². The summed E-state index contributed by atoms with van der Waals surface area (Å²) in [4.78, 5) is 12.3. The van der Waals surface area contributed by atoms with Gasteiger partial charge in [0.25, 0.3) is 5.91 Å². The van der Waals surface area contributed by atoms with Crippen molar-refractivity contribution in [3.8, 4) is 5.75 Å². The molecular formula is C19H19N3O2S2. The quantitative estimate of drug-likeness (QED) is 0.492. The molecule has 1 N–H and O–H groups in total. The van der Waals surface area contributed by atoms with Gasteiger partial charge in [-0.2, -0.15) is 0 Å². The van der Waals surface area contributed by atoms with Crippen LogP contribution in [0.4, 0.5) is 5.13 Å². The van der Waals surface area contributed by atoms with Gasteiger partial charge in [0.1, 0.15) is 5.75 Å². The Labute approximate surface area is 160 Å². The monoisotopic (exact) mass is 385 g/mol. The molecule has 5 nitrogen and oxygen atoms in total. The van der Waals surface area contributed by atoms with E-state index in [0.717, 1.165) is 10.1 Å². The second-order valence-electron chi connectivity index (χ2n) is 5.78. The molecule has 0 aliphatic heterocycles. The molecule has 0 bridgehead atoms. The van der Waals surface area contributed by atoms with Crippen molar-refractivity contribution in [2.24, 2.45) is 0 Å². The van der Waals surface area contributed by atoms with Crippen LogP contribution in [0.15, 0.2) is 46.8 Å². The van der Waals surface area contributed by atoms with E-state index in [4.69, 9.17) is 4.74 Å². The highest BCUT2D eigenvalue weighted by molar-refractivity contribution is 8.00. The van der Waals surface area contributed by atoms with Gasteiger partial charge in [0.2, 0.25) is 5.13 Å². The van der Waals surface area contributed by atoms with E-state index in [2.05, 4.69) is 47.6 Å². The number of amides is 1. The molecule has 26 heavy (non-hydrogen) atoms. The number of ether oxygens (including phenoxy) is 1. The number of rotatable bonds is 6. The van der Waals surface area contributed by atoms with Crippen molar-refractivity contribution in [2.75, 3.05) is 12.4 Å². The third-order valence-corrected chi connectivity index (χ3v) is 5.84. The van der Waals surface area contributed by atoms with Gasteiger partial charge in [-0.05, 0) is 43.2 Å². The summed E-state index contributed by atoms with van der Waals surface area (Å²) in [7, 11) is 1.57. The fraction of sp³-hybridized carbons (Fsp3) is 0.211. The zero-order valence-corrected chi connectivity index (χ0v) is 16.4. The Morgan fingerprint density at radius 2 is 2.04 bits per heavy atom. The average molecular weight is 386 g/mol. The largest absolute Gasteiger partial charge is 0.497 e. The molecule has 0 saturated heterocycles. The van der Waals surface area contributed by atoms with Crippen LogP contribution in [-0.4, -0.2) is 23.2 Å². The lowest BCUT2D eigenvalue weighted by Crippen LogP contribution is -2.11. The maximum Gasteiger partial charge on any atom is 0.257 e. The molecule has 0 fully saturated rings. The lowest BCUT2D eigenvalue weighted by molar-refractivity contribution is 0.102.